The highest BCUT2D eigenvalue weighted by molar-refractivity contribution is 5.58. The second-order valence-electron chi connectivity index (χ2n) is 19.8. The molecule has 364 valence electrons. The lowest BCUT2D eigenvalue weighted by Crippen LogP contribution is -2.20. The molecule has 0 saturated heterocycles. The summed E-state index contributed by atoms with van der Waals surface area (Å²) in [6.45, 7) is 29.4. The average Bonchev–Trinajstić information content (AvgIpc) is 3.29. The van der Waals surface area contributed by atoms with Crippen LogP contribution in [0.1, 0.15) is 91.7 Å². The van der Waals surface area contributed by atoms with Gasteiger partial charge in [-0.3, -0.25) is 0 Å². The summed E-state index contributed by atoms with van der Waals surface area (Å²) in [4.78, 5) is 0. The van der Waals surface area contributed by atoms with E-state index in [0.29, 0.717) is 11.4 Å². The van der Waals surface area contributed by atoms with Crippen LogP contribution in [0, 0.1) is 83.1 Å². The van der Waals surface area contributed by atoms with E-state index in [2.05, 4.69) is 93.5 Å². The lowest BCUT2D eigenvalue weighted by atomic mass is 9.76. The van der Waals surface area contributed by atoms with Gasteiger partial charge in [0.05, 0.1) is 0 Å². The molecule has 0 spiro atoms. The maximum atomic E-state index is 6.69. The fourth-order valence-electron chi connectivity index (χ4n) is 9.41. The number of anilines is 2. The molecule has 0 aliphatic rings. The molecule has 0 aromatic heterocycles. The lowest BCUT2D eigenvalue weighted by molar-refractivity contribution is 0.453. The van der Waals surface area contributed by atoms with Crippen molar-refractivity contribution in [2.24, 2.45) is 0 Å². The summed E-state index contributed by atoms with van der Waals surface area (Å²) in [6, 6.07) is 40.0. The van der Waals surface area contributed by atoms with E-state index >= 15 is 0 Å². The summed E-state index contributed by atoms with van der Waals surface area (Å²) in [6.07, 6.45) is 0. The van der Waals surface area contributed by atoms with Crippen LogP contribution >= 0.6 is 0 Å². The molecule has 0 unspecified atom stereocenters. The molecule has 0 radical (unpaired) electrons. The van der Waals surface area contributed by atoms with Crippen LogP contribution in [0.25, 0.3) is 0 Å². The summed E-state index contributed by atoms with van der Waals surface area (Å²) in [5, 5.41) is 0. The number of hydrogen-bond donors (Lipinski definition) is 2. The summed E-state index contributed by atoms with van der Waals surface area (Å²) >= 11 is 0. The third-order valence-electron chi connectivity index (χ3n) is 13.2. The van der Waals surface area contributed by atoms with Crippen molar-refractivity contribution < 1.29 is 28.4 Å². The van der Waals surface area contributed by atoms with Crippen molar-refractivity contribution >= 4 is 11.4 Å². The zero-order valence-corrected chi connectivity index (χ0v) is 43.7. The second kappa shape index (κ2) is 19.9. The molecule has 8 aromatic carbocycles. The predicted molar refractivity (Wildman–Crippen MR) is 290 cm³/mol. The molecule has 0 heterocycles. The monoisotopic (exact) mass is 946 g/mol. The minimum atomic E-state index is -0.311. The van der Waals surface area contributed by atoms with Crippen LogP contribution in [0.5, 0.6) is 69.0 Å². The first-order chi connectivity index (χ1) is 33.6. The second-order valence-corrected chi connectivity index (χ2v) is 19.8. The van der Waals surface area contributed by atoms with Crippen molar-refractivity contribution in [2.75, 3.05) is 11.5 Å². The molecular weight excluding hydrogens is 881 g/mol. The molecule has 8 heteroatoms. The first kappa shape index (κ1) is 49.6. The number of aryl methyl sites for hydroxylation is 12. The fourth-order valence-corrected chi connectivity index (χ4v) is 9.41. The number of nitrogens with two attached hydrogens (primary N) is 2. The Kier molecular flexibility index (Phi) is 13.9. The van der Waals surface area contributed by atoms with E-state index in [9.17, 15) is 0 Å². The zero-order valence-electron chi connectivity index (χ0n) is 43.7. The average molecular weight is 947 g/mol. The quantitative estimate of drug-likeness (QED) is 0.104. The van der Waals surface area contributed by atoms with E-state index in [-0.39, 0.29) is 5.41 Å². The molecule has 8 aromatic rings. The lowest BCUT2D eigenvalue weighted by Gasteiger charge is -2.29. The highest BCUT2D eigenvalue weighted by atomic mass is 16.5. The maximum Gasteiger partial charge on any atom is 0.133 e. The van der Waals surface area contributed by atoms with Gasteiger partial charge >= 0.3 is 0 Å². The minimum absolute atomic E-state index is 0.311. The van der Waals surface area contributed by atoms with Crippen molar-refractivity contribution in [3.05, 3.63) is 199 Å². The summed E-state index contributed by atoms with van der Waals surface area (Å²) < 4.78 is 38.9. The van der Waals surface area contributed by atoms with Crippen molar-refractivity contribution in [1.29, 1.82) is 0 Å². The zero-order chi connectivity index (χ0) is 51.1. The highest BCUT2D eigenvalue weighted by Crippen LogP contribution is 2.44. The number of benzene rings is 8. The van der Waals surface area contributed by atoms with Crippen LogP contribution in [0.2, 0.25) is 0 Å². The third-order valence-corrected chi connectivity index (χ3v) is 13.2. The van der Waals surface area contributed by atoms with E-state index in [1.165, 1.54) is 11.1 Å². The SMILES string of the molecule is Cc1cc(Oc2c(C)cc(Oc3c(C)cc(C(C)(C)c4cc(C)c(Oc5cc(C)c(Oc6cc(C)c(Oc7ccc(N)cc7)c(C)c6)c(C)c5)c(C)c4)cc3C)cc2C)cc(C)c1Oc1ccc(N)cc1. The summed E-state index contributed by atoms with van der Waals surface area (Å²) in [7, 11) is 0. The van der Waals surface area contributed by atoms with Crippen molar-refractivity contribution in [2.45, 2.75) is 102 Å². The molecule has 71 heavy (non-hydrogen) atoms. The number of ether oxygens (including phenoxy) is 6. The smallest absolute Gasteiger partial charge is 0.133 e. The largest absolute Gasteiger partial charge is 0.457 e. The van der Waals surface area contributed by atoms with Gasteiger partial charge in [0, 0.05) is 16.8 Å². The van der Waals surface area contributed by atoms with Crippen molar-refractivity contribution in [1.82, 2.24) is 0 Å². The van der Waals surface area contributed by atoms with E-state index in [1.807, 2.05) is 125 Å². The standard InChI is InChI=1S/C63H66N2O6/c1-35-23-47(24-36(2)57(35)68-53-31-43(9)61(44(10)32-53)70-55-27-39(5)59(40(6)28-55)66-51-19-15-49(64)16-20-51)63(13,14)48-25-37(3)58(38(4)26-48)69-54-33-45(11)62(46(12)34-54)71-56-29-41(7)60(42(8)30-56)67-52-21-17-50(65)18-22-52/h15-34H,64-65H2,1-14H3. The van der Waals surface area contributed by atoms with Crippen LogP contribution in [0.15, 0.2) is 121 Å². The summed E-state index contributed by atoms with van der Waals surface area (Å²) in [5.41, 5.74) is 27.3. The Morgan fingerprint density at radius 1 is 0.254 bits per heavy atom. The van der Waals surface area contributed by atoms with Crippen LogP contribution in [0.4, 0.5) is 11.4 Å². The Morgan fingerprint density at radius 3 is 0.620 bits per heavy atom. The highest BCUT2D eigenvalue weighted by Gasteiger charge is 2.27. The van der Waals surface area contributed by atoms with Crippen LogP contribution in [0.3, 0.4) is 0 Å². The fraction of sp³-hybridized carbons (Fsp3) is 0.238. The first-order valence-corrected chi connectivity index (χ1v) is 24.1. The third kappa shape index (κ3) is 10.8. The summed E-state index contributed by atoms with van der Waals surface area (Å²) in [5.74, 6) is 9.38. The van der Waals surface area contributed by atoms with Gasteiger partial charge in [0.1, 0.15) is 69.0 Å². The van der Waals surface area contributed by atoms with Gasteiger partial charge in [-0.2, -0.15) is 0 Å². The predicted octanol–water partition coefficient (Wildman–Crippen LogP) is 17.6. The number of nitrogen functional groups attached to an aromatic ring is 2. The van der Waals surface area contributed by atoms with Gasteiger partial charge in [-0.05, 0) is 258 Å². The molecular formula is C63H66N2O6. The van der Waals surface area contributed by atoms with Gasteiger partial charge in [0.25, 0.3) is 0 Å². The van der Waals surface area contributed by atoms with Gasteiger partial charge in [-0.15, -0.1) is 0 Å². The molecule has 8 rings (SSSR count). The van der Waals surface area contributed by atoms with Gasteiger partial charge < -0.3 is 39.9 Å². The topological polar surface area (TPSA) is 107 Å². The molecule has 0 aliphatic carbocycles. The maximum absolute atomic E-state index is 6.69. The van der Waals surface area contributed by atoms with Crippen molar-refractivity contribution in [3.63, 3.8) is 0 Å². The molecule has 0 bridgehead atoms. The molecule has 8 nitrogen and oxygen atoms in total. The van der Waals surface area contributed by atoms with E-state index in [4.69, 9.17) is 39.9 Å². The molecule has 0 atom stereocenters. The molecule has 0 aliphatic heterocycles. The Morgan fingerprint density at radius 2 is 0.423 bits per heavy atom. The Balaban J connectivity index is 0.948. The van der Waals surface area contributed by atoms with Crippen LogP contribution in [-0.4, -0.2) is 0 Å². The van der Waals surface area contributed by atoms with E-state index in [1.54, 1.807) is 0 Å². The minimum Gasteiger partial charge on any atom is -0.457 e. The van der Waals surface area contributed by atoms with Crippen LogP contribution in [-0.2, 0) is 5.41 Å². The Bertz CT molecular complexity index is 2960. The molecule has 4 N–H and O–H groups in total. The van der Waals surface area contributed by atoms with Gasteiger partial charge in [-0.1, -0.05) is 38.1 Å². The van der Waals surface area contributed by atoms with E-state index in [0.717, 1.165) is 136 Å². The number of rotatable bonds is 14. The van der Waals surface area contributed by atoms with Gasteiger partial charge in [-0.25, -0.2) is 0 Å². The number of hydrogen-bond acceptors (Lipinski definition) is 8. The van der Waals surface area contributed by atoms with Crippen LogP contribution < -0.4 is 39.9 Å². The van der Waals surface area contributed by atoms with Crippen molar-refractivity contribution in [3.8, 4) is 69.0 Å². The Hall–Kier alpha value is -7.84. The molecule has 0 saturated carbocycles. The van der Waals surface area contributed by atoms with Gasteiger partial charge in [0.2, 0.25) is 0 Å². The molecule has 0 amide bonds. The molecule has 0 fully saturated rings. The van der Waals surface area contributed by atoms with E-state index < -0.39 is 0 Å². The Labute approximate surface area is 420 Å². The van der Waals surface area contributed by atoms with Gasteiger partial charge in [0.15, 0.2) is 0 Å². The first-order valence-electron chi connectivity index (χ1n) is 24.1. The normalized spacial score (nSPS) is 11.4.